The van der Waals surface area contributed by atoms with Gasteiger partial charge in [0.25, 0.3) is 10.1 Å². The Morgan fingerprint density at radius 1 is 0.514 bits per heavy atom. The first-order chi connectivity index (χ1) is 18.2. The molecule has 0 spiro atoms. The summed E-state index contributed by atoms with van der Waals surface area (Å²) in [6.45, 7) is 10.9. The zero-order valence-electron chi connectivity index (χ0n) is 21.6. The number of hydrogen-bond acceptors (Lipinski definition) is 11. The van der Waals surface area contributed by atoms with Crippen molar-refractivity contribution in [3.05, 3.63) is 43.0 Å². The zero-order chi connectivity index (χ0) is 26.7. The molecule has 0 radical (unpaired) electrons. The van der Waals surface area contributed by atoms with Gasteiger partial charge in [0.1, 0.15) is 0 Å². The fraction of sp³-hybridized carbons (Fsp3) is 0.680. The van der Waals surface area contributed by atoms with Crippen molar-refractivity contribution >= 4 is 10.1 Å². The topological polar surface area (TPSA) is 117 Å². The van der Waals surface area contributed by atoms with Gasteiger partial charge in [-0.3, -0.25) is 4.18 Å². The Morgan fingerprint density at radius 2 is 0.838 bits per heavy atom. The maximum absolute atomic E-state index is 11.9. The Morgan fingerprint density at radius 3 is 1.19 bits per heavy atom. The molecule has 0 aromatic heterocycles. The van der Waals surface area contributed by atoms with E-state index in [2.05, 4.69) is 6.58 Å². The first-order valence-electron chi connectivity index (χ1n) is 12.3. The van der Waals surface area contributed by atoms with Gasteiger partial charge in [-0.2, -0.15) is 8.42 Å². The maximum Gasteiger partial charge on any atom is 0.297 e. The van der Waals surface area contributed by atoms with Gasteiger partial charge in [0.2, 0.25) is 0 Å². The maximum atomic E-state index is 11.9. The summed E-state index contributed by atoms with van der Waals surface area (Å²) >= 11 is 0. The predicted octanol–water partition coefficient (Wildman–Crippen LogP) is 1.71. The van der Waals surface area contributed by atoms with Crippen molar-refractivity contribution in [2.45, 2.75) is 4.90 Å². The second kappa shape index (κ2) is 24.9. The summed E-state index contributed by atoms with van der Waals surface area (Å²) < 4.78 is 71.7. The smallest absolute Gasteiger partial charge is 0.297 e. The predicted molar refractivity (Wildman–Crippen MR) is 136 cm³/mol. The van der Waals surface area contributed by atoms with Crippen LogP contribution in [0.5, 0.6) is 0 Å². The van der Waals surface area contributed by atoms with Gasteiger partial charge in [0.15, 0.2) is 0 Å². The third kappa shape index (κ3) is 21.2. The van der Waals surface area contributed by atoms with Crippen molar-refractivity contribution < 1.29 is 50.5 Å². The molecule has 11 nitrogen and oxygen atoms in total. The van der Waals surface area contributed by atoms with E-state index in [1.807, 2.05) is 0 Å². The van der Waals surface area contributed by atoms with E-state index in [0.717, 1.165) is 0 Å². The number of rotatable bonds is 28. The van der Waals surface area contributed by atoms with Crippen molar-refractivity contribution in [2.75, 3.05) is 112 Å². The van der Waals surface area contributed by atoms with Crippen LogP contribution in [0.2, 0.25) is 0 Å². The normalized spacial score (nSPS) is 11.7. The van der Waals surface area contributed by atoms with E-state index in [4.69, 9.17) is 42.1 Å². The number of ether oxygens (including phenoxy) is 8. The average Bonchev–Trinajstić information content (AvgIpc) is 2.91. The monoisotopic (exact) mass is 550 g/mol. The molecular formula is C25H42O11S. The third-order valence-corrected chi connectivity index (χ3v) is 5.66. The molecular weight excluding hydrogens is 508 g/mol. The lowest BCUT2D eigenvalue weighted by atomic mass is 10.4. The summed E-state index contributed by atoms with van der Waals surface area (Å²) in [7, 11) is -3.75. The van der Waals surface area contributed by atoms with Crippen LogP contribution in [0.1, 0.15) is 0 Å². The molecule has 0 bridgehead atoms. The molecule has 0 unspecified atom stereocenters. The molecule has 0 saturated heterocycles. The summed E-state index contributed by atoms with van der Waals surface area (Å²) in [5.74, 6) is 0. The van der Waals surface area contributed by atoms with E-state index >= 15 is 0 Å². The van der Waals surface area contributed by atoms with Crippen LogP contribution in [-0.4, -0.2) is 121 Å². The summed E-state index contributed by atoms with van der Waals surface area (Å²) in [6.07, 6.45) is 1.70. The van der Waals surface area contributed by atoms with Crippen LogP contribution in [0, 0.1) is 0 Å². The lowest BCUT2D eigenvalue weighted by molar-refractivity contribution is -0.0231. The Labute approximate surface area is 221 Å². The summed E-state index contributed by atoms with van der Waals surface area (Å²) in [4.78, 5) is 0.123. The minimum atomic E-state index is -3.75. The number of hydrogen-bond donors (Lipinski definition) is 0. The lowest BCUT2D eigenvalue weighted by Gasteiger charge is -2.09. The van der Waals surface area contributed by atoms with E-state index in [0.29, 0.717) is 99.1 Å². The molecule has 1 aromatic carbocycles. The highest BCUT2D eigenvalue weighted by atomic mass is 32.2. The van der Waals surface area contributed by atoms with Crippen LogP contribution in [0.3, 0.4) is 0 Å². The molecule has 0 atom stereocenters. The zero-order valence-corrected chi connectivity index (χ0v) is 22.4. The van der Waals surface area contributed by atoms with Crippen LogP contribution >= 0.6 is 0 Å². The van der Waals surface area contributed by atoms with Crippen molar-refractivity contribution in [1.82, 2.24) is 0 Å². The molecule has 12 heteroatoms. The van der Waals surface area contributed by atoms with Crippen LogP contribution in [0.15, 0.2) is 47.9 Å². The van der Waals surface area contributed by atoms with Crippen molar-refractivity contribution in [1.29, 1.82) is 0 Å². The van der Waals surface area contributed by atoms with Crippen molar-refractivity contribution in [2.24, 2.45) is 0 Å². The van der Waals surface area contributed by atoms with Crippen molar-refractivity contribution in [3.63, 3.8) is 0 Å². The van der Waals surface area contributed by atoms with Gasteiger partial charge in [0.05, 0.1) is 117 Å². The fourth-order valence-electron chi connectivity index (χ4n) is 2.56. The standard InChI is InChI=1S/C25H42O11S/c1-2-8-28-9-10-29-11-12-30-13-14-31-15-16-32-17-18-33-19-20-34-21-22-35-23-24-36-37(26,27)25-6-4-3-5-7-25/h2-7H,1,8-24H2. The molecule has 37 heavy (non-hydrogen) atoms. The first kappa shape index (κ1) is 33.6. The highest BCUT2D eigenvalue weighted by Gasteiger charge is 2.13. The van der Waals surface area contributed by atoms with Gasteiger partial charge < -0.3 is 37.9 Å². The highest BCUT2D eigenvalue weighted by Crippen LogP contribution is 2.10. The Bertz CT molecular complexity index is 731. The lowest BCUT2D eigenvalue weighted by Crippen LogP contribution is -2.15. The summed E-state index contributed by atoms with van der Waals surface area (Å²) in [5.41, 5.74) is 0. The minimum Gasteiger partial charge on any atom is -0.377 e. The quantitative estimate of drug-likeness (QED) is 0.0862. The van der Waals surface area contributed by atoms with Crippen molar-refractivity contribution in [3.8, 4) is 0 Å². The minimum absolute atomic E-state index is 0.0533. The molecule has 0 N–H and O–H groups in total. The molecule has 0 saturated carbocycles. The van der Waals surface area contributed by atoms with E-state index in [1.54, 1.807) is 24.3 Å². The molecule has 0 aliphatic rings. The van der Waals surface area contributed by atoms with Gasteiger partial charge in [-0.15, -0.1) is 6.58 Å². The summed E-state index contributed by atoms with van der Waals surface area (Å²) in [6, 6.07) is 7.98. The third-order valence-electron chi connectivity index (χ3n) is 4.34. The van der Waals surface area contributed by atoms with Crippen LogP contribution in [-0.2, 0) is 52.2 Å². The molecule has 214 valence electrons. The molecule has 0 heterocycles. The molecule has 1 aromatic rings. The Balaban J connectivity index is 1.71. The van der Waals surface area contributed by atoms with E-state index < -0.39 is 10.1 Å². The largest absolute Gasteiger partial charge is 0.377 e. The van der Waals surface area contributed by atoms with E-state index in [-0.39, 0.29) is 18.1 Å². The molecule has 0 aliphatic heterocycles. The van der Waals surface area contributed by atoms with Crippen LogP contribution in [0.25, 0.3) is 0 Å². The Hall–Kier alpha value is -1.45. The summed E-state index contributed by atoms with van der Waals surface area (Å²) in [5, 5.41) is 0. The highest BCUT2D eigenvalue weighted by molar-refractivity contribution is 7.86. The van der Waals surface area contributed by atoms with Crippen LogP contribution in [0.4, 0.5) is 0 Å². The van der Waals surface area contributed by atoms with Gasteiger partial charge >= 0.3 is 0 Å². The van der Waals surface area contributed by atoms with E-state index in [9.17, 15) is 8.42 Å². The van der Waals surface area contributed by atoms with Gasteiger partial charge in [-0.1, -0.05) is 24.3 Å². The van der Waals surface area contributed by atoms with E-state index in [1.165, 1.54) is 12.1 Å². The second-order valence-corrected chi connectivity index (χ2v) is 8.85. The van der Waals surface area contributed by atoms with Gasteiger partial charge in [-0.05, 0) is 12.1 Å². The first-order valence-corrected chi connectivity index (χ1v) is 13.7. The molecule has 0 fully saturated rings. The molecule has 1 rings (SSSR count). The van der Waals surface area contributed by atoms with Crippen LogP contribution < -0.4 is 0 Å². The average molecular weight is 551 g/mol. The SMILES string of the molecule is C=CCOCCOCCOCCOCCOCCOCCOCCOCCOS(=O)(=O)c1ccccc1. The van der Waals surface area contributed by atoms with Gasteiger partial charge in [0, 0.05) is 0 Å². The Kier molecular flexibility index (Phi) is 22.6. The molecule has 0 aliphatic carbocycles. The second-order valence-electron chi connectivity index (χ2n) is 7.24. The molecule has 0 amide bonds. The number of benzene rings is 1. The van der Waals surface area contributed by atoms with Gasteiger partial charge in [-0.25, -0.2) is 0 Å². The fourth-order valence-corrected chi connectivity index (χ4v) is 3.48.